The van der Waals surface area contributed by atoms with Gasteiger partial charge in [0.05, 0.1) is 16.7 Å². The number of nitrogens with zero attached hydrogens (tertiary/aromatic N) is 1. The first-order valence-electron chi connectivity index (χ1n) is 7.26. The van der Waals surface area contributed by atoms with Crippen LogP contribution in [0.4, 0.5) is 0 Å². The maximum atomic E-state index is 12.4. The van der Waals surface area contributed by atoms with E-state index in [4.69, 9.17) is 4.74 Å². The van der Waals surface area contributed by atoms with Crippen molar-refractivity contribution in [3.8, 4) is 0 Å². The zero-order valence-electron chi connectivity index (χ0n) is 13.8. The van der Waals surface area contributed by atoms with Gasteiger partial charge in [0, 0.05) is 6.42 Å². The molecule has 1 rings (SSSR count). The van der Waals surface area contributed by atoms with E-state index in [1.54, 1.807) is 26.8 Å². The lowest BCUT2D eigenvalue weighted by atomic mass is 10.1. The molecule has 22 heavy (non-hydrogen) atoms. The molecule has 0 bridgehead atoms. The highest BCUT2D eigenvalue weighted by Gasteiger charge is 2.27. The molecule has 0 saturated heterocycles. The monoisotopic (exact) mass is 324 g/mol. The number of esters is 1. The summed E-state index contributed by atoms with van der Waals surface area (Å²) in [4.78, 5) is 28.1. The molecule has 5 nitrogen and oxygen atoms in total. The number of carbonyl (C=O) groups excluding carboxylic acids is 2. The van der Waals surface area contributed by atoms with Gasteiger partial charge in [-0.15, -0.1) is 11.3 Å². The summed E-state index contributed by atoms with van der Waals surface area (Å²) in [5.74, 6) is -0.00576. The second-order valence-corrected chi connectivity index (χ2v) is 7.21. The van der Waals surface area contributed by atoms with Crippen molar-refractivity contribution < 1.29 is 14.3 Å². The number of carbonyl (C=O) groups is 2. The van der Waals surface area contributed by atoms with Gasteiger partial charge in [0.2, 0.25) is 6.41 Å². The Morgan fingerprint density at radius 3 is 2.59 bits per heavy atom. The predicted molar refractivity (Wildman–Crippen MR) is 88.0 cm³/mol. The number of hydrogen-bond acceptors (Lipinski definition) is 5. The van der Waals surface area contributed by atoms with E-state index in [0.717, 1.165) is 11.4 Å². The largest absolute Gasteiger partial charge is 0.451 e. The second kappa shape index (κ2) is 7.54. The van der Waals surface area contributed by atoms with Gasteiger partial charge in [-0.25, -0.2) is 9.78 Å². The van der Waals surface area contributed by atoms with Gasteiger partial charge in [-0.1, -0.05) is 20.4 Å². The van der Waals surface area contributed by atoms with Crippen LogP contribution in [0.1, 0.15) is 61.0 Å². The van der Waals surface area contributed by atoms with Gasteiger partial charge in [0.25, 0.3) is 0 Å². The maximum Gasteiger partial charge on any atom is 0.351 e. The summed E-state index contributed by atoms with van der Waals surface area (Å²) in [5, 5.41) is 3.50. The third-order valence-corrected chi connectivity index (χ3v) is 4.11. The van der Waals surface area contributed by atoms with Crippen LogP contribution in [0, 0.1) is 5.92 Å². The Morgan fingerprint density at radius 2 is 2.09 bits per heavy atom. The van der Waals surface area contributed by atoms with Gasteiger partial charge < -0.3 is 10.1 Å². The Kier molecular flexibility index (Phi) is 6.29. The van der Waals surface area contributed by atoms with E-state index in [1.807, 2.05) is 0 Å². The van der Waals surface area contributed by atoms with Crippen LogP contribution < -0.4 is 5.32 Å². The number of ether oxygens (including phenoxy) is 1. The number of nitrogens with one attached hydrogen (secondary N) is 1. The first-order valence-corrected chi connectivity index (χ1v) is 8.08. The minimum absolute atomic E-state index is 0.343. The molecule has 0 aromatic carbocycles. The maximum absolute atomic E-state index is 12.4. The van der Waals surface area contributed by atoms with Gasteiger partial charge in [0.15, 0.2) is 0 Å². The minimum Gasteiger partial charge on any atom is -0.451 e. The molecule has 1 atom stereocenters. The van der Waals surface area contributed by atoms with Gasteiger partial charge in [0.1, 0.15) is 10.5 Å². The highest BCUT2D eigenvalue weighted by Crippen LogP contribution is 2.28. The fourth-order valence-corrected chi connectivity index (χ4v) is 3.01. The average Bonchev–Trinajstić information content (AvgIpc) is 2.81. The Hall–Kier alpha value is -1.69. The molecule has 1 N–H and O–H groups in total. The molecule has 0 fully saturated rings. The van der Waals surface area contributed by atoms with Crippen LogP contribution in [-0.2, 0) is 16.0 Å². The highest BCUT2D eigenvalue weighted by molar-refractivity contribution is 7.13. The summed E-state index contributed by atoms with van der Waals surface area (Å²) in [5.41, 5.74) is -0.199. The molecule has 0 unspecified atom stereocenters. The Labute approximate surface area is 135 Å². The molecule has 0 aliphatic rings. The van der Waals surface area contributed by atoms with Crippen molar-refractivity contribution in [3.05, 3.63) is 28.2 Å². The first-order chi connectivity index (χ1) is 10.2. The van der Waals surface area contributed by atoms with Gasteiger partial charge in [-0.2, -0.15) is 0 Å². The summed E-state index contributed by atoms with van der Waals surface area (Å²) < 4.78 is 5.46. The van der Waals surface area contributed by atoms with Gasteiger partial charge >= 0.3 is 5.97 Å². The topological polar surface area (TPSA) is 68.3 Å². The van der Waals surface area contributed by atoms with Crippen LogP contribution >= 0.6 is 11.3 Å². The number of aromatic nitrogens is 1. The van der Waals surface area contributed by atoms with E-state index in [2.05, 4.69) is 30.7 Å². The number of hydrogen-bond donors (Lipinski definition) is 1. The third kappa shape index (κ3) is 4.94. The van der Waals surface area contributed by atoms with Crippen molar-refractivity contribution >= 4 is 23.7 Å². The zero-order chi connectivity index (χ0) is 16.9. The van der Waals surface area contributed by atoms with Gasteiger partial charge in [-0.3, -0.25) is 4.79 Å². The van der Waals surface area contributed by atoms with Crippen molar-refractivity contribution in [3.63, 3.8) is 0 Å². The van der Waals surface area contributed by atoms with Crippen molar-refractivity contribution in [1.29, 1.82) is 0 Å². The van der Waals surface area contributed by atoms with Crippen molar-refractivity contribution in [2.45, 2.75) is 52.7 Å². The molecule has 6 heteroatoms. The summed E-state index contributed by atoms with van der Waals surface area (Å²) in [6.07, 6.45) is 2.96. The van der Waals surface area contributed by atoms with E-state index in [0.29, 0.717) is 22.9 Å². The minimum atomic E-state index is -0.752. The molecule has 122 valence electrons. The van der Waals surface area contributed by atoms with Crippen LogP contribution in [0.5, 0.6) is 0 Å². The van der Waals surface area contributed by atoms with Crippen LogP contribution in [0.3, 0.4) is 0 Å². The standard InChI is InChI=1S/C16H24N2O3S/c1-7-16(5,6)21-15(20)14-13(11(4)17-9-19)18-12(22-14)8-10(2)3/h7,9-11H,1,8H2,2-6H3,(H,17,19)/t11-/m0/s1. The summed E-state index contributed by atoms with van der Waals surface area (Å²) >= 11 is 1.33. The van der Waals surface area contributed by atoms with Crippen LogP contribution in [0.25, 0.3) is 0 Å². The summed E-state index contributed by atoms with van der Waals surface area (Å²) in [6, 6.07) is -0.343. The lowest BCUT2D eigenvalue weighted by Gasteiger charge is -2.20. The van der Waals surface area contributed by atoms with Crippen LogP contribution in [0.15, 0.2) is 12.7 Å². The van der Waals surface area contributed by atoms with Crippen LogP contribution in [0.2, 0.25) is 0 Å². The lowest BCUT2D eigenvalue weighted by molar-refractivity contribution is -0.110. The van der Waals surface area contributed by atoms with E-state index in [9.17, 15) is 9.59 Å². The van der Waals surface area contributed by atoms with Gasteiger partial charge in [-0.05, 0) is 32.8 Å². The number of rotatable bonds is 8. The Bertz CT molecular complexity index is 550. The van der Waals surface area contributed by atoms with E-state index in [1.165, 1.54) is 11.3 Å². The summed E-state index contributed by atoms with van der Waals surface area (Å²) in [6.45, 7) is 13.2. The zero-order valence-corrected chi connectivity index (χ0v) is 14.6. The molecule has 1 amide bonds. The molecule has 0 saturated carbocycles. The molecule has 0 aliphatic heterocycles. The molecular weight excluding hydrogens is 300 g/mol. The van der Waals surface area contributed by atoms with E-state index < -0.39 is 11.6 Å². The predicted octanol–water partition coefficient (Wildman–Crippen LogP) is 3.27. The smallest absolute Gasteiger partial charge is 0.351 e. The summed E-state index contributed by atoms with van der Waals surface area (Å²) in [7, 11) is 0. The van der Waals surface area contributed by atoms with Crippen molar-refractivity contribution in [2.75, 3.05) is 0 Å². The third-order valence-electron chi connectivity index (χ3n) is 3.04. The Morgan fingerprint density at radius 1 is 1.45 bits per heavy atom. The fourth-order valence-electron chi connectivity index (χ4n) is 1.76. The van der Waals surface area contributed by atoms with Crippen molar-refractivity contribution in [1.82, 2.24) is 10.3 Å². The van der Waals surface area contributed by atoms with Crippen molar-refractivity contribution in [2.24, 2.45) is 5.92 Å². The molecule has 1 aromatic rings. The highest BCUT2D eigenvalue weighted by atomic mass is 32.1. The molecule has 0 radical (unpaired) electrons. The molecule has 1 aromatic heterocycles. The second-order valence-electron chi connectivity index (χ2n) is 6.12. The first kappa shape index (κ1) is 18.4. The number of thiazole rings is 1. The number of amides is 1. The molecule has 0 spiro atoms. The quantitative estimate of drug-likeness (QED) is 0.453. The molecule has 0 aliphatic carbocycles. The lowest BCUT2D eigenvalue weighted by Crippen LogP contribution is -2.26. The average molecular weight is 324 g/mol. The normalized spacial score (nSPS) is 12.8. The Balaban J connectivity index is 3.13. The molecule has 1 heterocycles. The SMILES string of the molecule is C=CC(C)(C)OC(=O)c1sc(CC(C)C)nc1[C@H](C)NC=O. The van der Waals surface area contributed by atoms with Crippen LogP contribution in [-0.4, -0.2) is 23.0 Å². The molecular formula is C16H24N2O3S. The van der Waals surface area contributed by atoms with E-state index >= 15 is 0 Å². The van der Waals surface area contributed by atoms with E-state index in [-0.39, 0.29) is 6.04 Å². The fraction of sp³-hybridized carbons (Fsp3) is 0.562.